The molecule has 1 aromatic heterocycles. The van der Waals surface area contributed by atoms with Gasteiger partial charge >= 0.3 is 0 Å². The van der Waals surface area contributed by atoms with Gasteiger partial charge in [-0.05, 0) is 58.2 Å². The van der Waals surface area contributed by atoms with E-state index in [1.807, 2.05) is 11.6 Å². The first kappa shape index (κ1) is 17.9. The van der Waals surface area contributed by atoms with Crippen molar-refractivity contribution in [3.8, 4) is 0 Å². The van der Waals surface area contributed by atoms with E-state index >= 15 is 0 Å². The maximum atomic E-state index is 13.6. The van der Waals surface area contributed by atoms with Crippen LogP contribution in [0.4, 0.5) is 0 Å². The van der Waals surface area contributed by atoms with Crippen LogP contribution in [-0.4, -0.2) is 57.2 Å². The van der Waals surface area contributed by atoms with E-state index in [1.54, 1.807) is 6.20 Å². The normalized spacial score (nSPS) is 31.2. The van der Waals surface area contributed by atoms with Gasteiger partial charge in [-0.2, -0.15) is 5.10 Å². The molecule has 5 nitrogen and oxygen atoms in total. The Morgan fingerprint density at radius 1 is 1.11 bits per heavy atom. The van der Waals surface area contributed by atoms with Gasteiger partial charge in [0.05, 0.1) is 17.8 Å². The molecule has 0 N–H and O–H groups in total. The van der Waals surface area contributed by atoms with Crippen molar-refractivity contribution in [3.63, 3.8) is 0 Å². The van der Waals surface area contributed by atoms with E-state index in [9.17, 15) is 4.79 Å². The number of hydrogen-bond donors (Lipinski definition) is 0. The van der Waals surface area contributed by atoms with Gasteiger partial charge in [0.25, 0.3) is 5.91 Å². The lowest BCUT2D eigenvalue weighted by molar-refractivity contribution is -0.00343. The van der Waals surface area contributed by atoms with Crippen molar-refractivity contribution >= 4 is 5.91 Å². The second kappa shape index (κ2) is 6.73. The number of nitrogens with zero attached hydrogens (tertiary/aromatic N) is 4. The van der Waals surface area contributed by atoms with Gasteiger partial charge in [0, 0.05) is 30.7 Å². The van der Waals surface area contributed by atoms with Crippen LogP contribution in [0.25, 0.3) is 0 Å². The van der Waals surface area contributed by atoms with Crippen LogP contribution in [0.5, 0.6) is 0 Å². The zero-order valence-corrected chi connectivity index (χ0v) is 17.1. The minimum absolute atomic E-state index is 0.176. The summed E-state index contributed by atoms with van der Waals surface area (Å²) in [7, 11) is 0. The fourth-order valence-electron chi connectivity index (χ4n) is 5.89. The van der Waals surface area contributed by atoms with E-state index in [0.717, 1.165) is 24.3 Å². The number of aromatic nitrogens is 2. The van der Waals surface area contributed by atoms with Gasteiger partial charge in [-0.3, -0.25) is 14.4 Å². The van der Waals surface area contributed by atoms with Crippen LogP contribution in [0.1, 0.15) is 52.9 Å². The lowest BCUT2D eigenvalue weighted by Gasteiger charge is -2.51. The monoisotopic (exact) mass is 378 g/mol. The minimum atomic E-state index is 0.176. The second-order valence-electron chi connectivity index (χ2n) is 8.79. The molecule has 2 bridgehead atoms. The van der Waals surface area contributed by atoms with E-state index in [0.29, 0.717) is 23.9 Å². The second-order valence-corrected chi connectivity index (χ2v) is 8.79. The molecule has 5 heteroatoms. The Morgan fingerprint density at radius 2 is 1.82 bits per heavy atom. The van der Waals surface area contributed by atoms with Crippen LogP contribution in [0.3, 0.4) is 0 Å². The van der Waals surface area contributed by atoms with Gasteiger partial charge in [0.15, 0.2) is 0 Å². The van der Waals surface area contributed by atoms with Crippen LogP contribution >= 0.6 is 0 Å². The smallest absolute Gasteiger partial charge is 0.257 e. The van der Waals surface area contributed by atoms with Crippen molar-refractivity contribution in [2.45, 2.75) is 58.2 Å². The molecule has 0 aliphatic carbocycles. The van der Waals surface area contributed by atoms with E-state index in [4.69, 9.17) is 0 Å². The highest BCUT2D eigenvalue weighted by atomic mass is 16.2. The van der Waals surface area contributed by atoms with E-state index < -0.39 is 0 Å². The molecule has 0 saturated carbocycles. The summed E-state index contributed by atoms with van der Waals surface area (Å²) in [6.45, 7) is 10.2. The number of rotatable bonds is 3. The van der Waals surface area contributed by atoms with Crippen molar-refractivity contribution in [2.24, 2.45) is 5.92 Å². The van der Waals surface area contributed by atoms with E-state index in [1.165, 1.54) is 37.1 Å². The van der Waals surface area contributed by atoms with Gasteiger partial charge in [-0.25, -0.2) is 0 Å². The Kier molecular flexibility index (Phi) is 4.31. The molecular formula is C23H30N4O. The van der Waals surface area contributed by atoms with Gasteiger partial charge in [0.2, 0.25) is 0 Å². The highest BCUT2D eigenvalue weighted by molar-refractivity contribution is 5.95. The Hall–Kier alpha value is -2.14. The predicted molar refractivity (Wildman–Crippen MR) is 109 cm³/mol. The molecule has 4 saturated heterocycles. The molecule has 1 amide bonds. The molecule has 4 fully saturated rings. The average molecular weight is 379 g/mol. The summed E-state index contributed by atoms with van der Waals surface area (Å²) >= 11 is 0. The molecule has 4 aliphatic heterocycles. The van der Waals surface area contributed by atoms with Crippen molar-refractivity contribution in [1.82, 2.24) is 19.6 Å². The molecule has 2 aromatic rings. The molecule has 3 atom stereocenters. The molecular weight excluding hydrogens is 348 g/mol. The quantitative estimate of drug-likeness (QED) is 0.823. The molecule has 0 radical (unpaired) electrons. The number of fused-ring (bicyclic) bond motifs is 2. The zero-order chi connectivity index (χ0) is 19.4. The summed E-state index contributed by atoms with van der Waals surface area (Å²) in [6.07, 6.45) is 4.22. The lowest BCUT2D eigenvalue weighted by Crippen LogP contribution is -2.60. The number of amides is 1. The summed E-state index contributed by atoms with van der Waals surface area (Å²) in [5, 5.41) is 4.42. The fourth-order valence-corrected chi connectivity index (χ4v) is 5.89. The summed E-state index contributed by atoms with van der Waals surface area (Å²) in [5.41, 5.74) is 4.44. The molecule has 28 heavy (non-hydrogen) atoms. The first-order valence-electron chi connectivity index (χ1n) is 10.7. The van der Waals surface area contributed by atoms with Crippen LogP contribution in [0, 0.1) is 19.8 Å². The number of benzene rings is 1. The number of carbonyl (C=O) groups excluding carboxylic acids is 1. The van der Waals surface area contributed by atoms with Crippen molar-refractivity contribution in [3.05, 3.63) is 52.8 Å². The third-order valence-electron chi connectivity index (χ3n) is 7.39. The zero-order valence-electron chi connectivity index (χ0n) is 17.1. The molecule has 5 heterocycles. The largest absolute Gasteiger partial charge is 0.333 e. The van der Waals surface area contributed by atoms with Crippen molar-refractivity contribution in [1.29, 1.82) is 0 Å². The number of piperidine rings is 3. The Labute approximate surface area is 167 Å². The van der Waals surface area contributed by atoms with E-state index in [-0.39, 0.29) is 5.91 Å². The van der Waals surface area contributed by atoms with Crippen molar-refractivity contribution in [2.75, 3.05) is 19.6 Å². The van der Waals surface area contributed by atoms with Gasteiger partial charge in [-0.1, -0.05) is 29.8 Å². The topological polar surface area (TPSA) is 41.4 Å². The molecule has 1 aromatic carbocycles. The molecule has 6 rings (SSSR count). The SMILES string of the molecule is CCn1ncc(C(=O)N2C[C@H](c3ccc(C)cc3)[C@@H]3[C@H]2C2CCN3CC2)c1C. The van der Waals surface area contributed by atoms with Gasteiger partial charge < -0.3 is 4.90 Å². The van der Waals surface area contributed by atoms with Crippen LogP contribution in [0.15, 0.2) is 30.5 Å². The fraction of sp³-hybridized carbons (Fsp3) is 0.565. The maximum absolute atomic E-state index is 13.6. The highest BCUT2D eigenvalue weighted by Crippen LogP contribution is 2.47. The van der Waals surface area contributed by atoms with Crippen LogP contribution < -0.4 is 0 Å². The Morgan fingerprint density at radius 3 is 2.46 bits per heavy atom. The predicted octanol–water partition coefficient (Wildman–Crippen LogP) is 3.22. The average Bonchev–Trinajstić information content (AvgIpc) is 3.31. The minimum Gasteiger partial charge on any atom is -0.333 e. The van der Waals surface area contributed by atoms with Crippen LogP contribution in [0.2, 0.25) is 0 Å². The molecule has 0 unspecified atom stereocenters. The number of hydrogen-bond acceptors (Lipinski definition) is 3. The summed E-state index contributed by atoms with van der Waals surface area (Å²) in [6, 6.07) is 9.76. The third kappa shape index (κ3) is 2.63. The Balaban J connectivity index is 1.52. The van der Waals surface area contributed by atoms with Gasteiger partial charge in [-0.15, -0.1) is 0 Å². The summed E-state index contributed by atoms with van der Waals surface area (Å²) < 4.78 is 1.93. The number of aryl methyl sites for hydroxylation is 2. The number of carbonyl (C=O) groups is 1. The summed E-state index contributed by atoms with van der Waals surface area (Å²) in [4.78, 5) is 18.5. The Bertz CT molecular complexity index is 879. The lowest BCUT2D eigenvalue weighted by atomic mass is 9.75. The number of likely N-dealkylation sites (tertiary alicyclic amines) is 1. The molecule has 0 spiro atoms. The van der Waals surface area contributed by atoms with Crippen LogP contribution in [-0.2, 0) is 6.54 Å². The van der Waals surface area contributed by atoms with Crippen molar-refractivity contribution < 1.29 is 4.79 Å². The first-order valence-corrected chi connectivity index (χ1v) is 10.7. The maximum Gasteiger partial charge on any atom is 0.257 e. The first-order chi connectivity index (χ1) is 13.6. The standard InChI is InChI=1S/C23H30N4O/c1-4-27-16(3)19(13-24-27)23(28)26-14-20(17-7-5-15(2)6-8-17)22-21(26)18-9-11-25(22)12-10-18/h5-8,13,18,20-22H,4,9-12,14H2,1-3H3/t20-,21-,22-/m1/s1. The molecule has 4 aliphatic rings. The van der Waals surface area contributed by atoms with E-state index in [2.05, 4.69) is 53.0 Å². The summed E-state index contributed by atoms with van der Waals surface area (Å²) in [5.74, 6) is 1.21. The third-order valence-corrected chi connectivity index (χ3v) is 7.39. The molecule has 148 valence electrons. The van der Waals surface area contributed by atoms with Gasteiger partial charge in [0.1, 0.15) is 0 Å². The highest BCUT2D eigenvalue weighted by Gasteiger charge is 2.54.